The molecule has 9 heteroatoms. The molecule has 31 heavy (non-hydrogen) atoms. The van der Waals surface area contributed by atoms with Gasteiger partial charge in [0, 0.05) is 18.1 Å². The van der Waals surface area contributed by atoms with Crippen LogP contribution >= 0.6 is 0 Å². The van der Waals surface area contributed by atoms with Gasteiger partial charge >= 0.3 is 0 Å². The van der Waals surface area contributed by atoms with E-state index in [4.69, 9.17) is 4.74 Å². The van der Waals surface area contributed by atoms with Gasteiger partial charge in [0.1, 0.15) is 6.61 Å². The van der Waals surface area contributed by atoms with E-state index in [-0.39, 0.29) is 13.2 Å². The molecule has 0 unspecified atom stereocenters. The summed E-state index contributed by atoms with van der Waals surface area (Å²) in [6, 6.07) is 8.64. The zero-order chi connectivity index (χ0) is 21.8. The summed E-state index contributed by atoms with van der Waals surface area (Å²) < 4.78 is 5.78. The van der Waals surface area contributed by atoms with E-state index in [2.05, 4.69) is 20.3 Å². The summed E-state index contributed by atoms with van der Waals surface area (Å²) in [5.41, 5.74) is 4.06. The maximum Gasteiger partial charge on any atom is 0.255 e. The van der Waals surface area contributed by atoms with Crippen LogP contribution in [-0.4, -0.2) is 63.5 Å². The van der Waals surface area contributed by atoms with Crippen LogP contribution in [0.5, 0.6) is 5.75 Å². The average molecular weight is 421 g/mol. The number of hydrogen-bond acceptors (Lipinski definition) is 8. The number of aliphatic hydroxyl groups excluding tert-OH is 2. The second-order valence-corrected chi connectivity index (χ2v) is 7.13. The molecule has 0 aromatic carbocycles. The van der Waals surface area contributed by atoms with Crippen molar-refractivity contribution in [2.75, 3.05) is 31.3 Å². The molecule has 0 bridgehead atoms. The van der Waals surface area contributed by atoms with Crippen LogP contribution in [-0.2, 0) is 0 Å². The molecule has 1 aliphatic heterocycles. The number of ether oxygens (including phenoxy) is 1. The largest absolute Gasteiger partial charge is 0.488 e. The van der Waals surface area contributed by atoms with Gasteiger partial charge in [-0.1, -0.05) is 6.07 Å². The Labute approximate surface area is 179 Å². The zero-order valence-corrected chi connectivity index (χ0v) is 17.0. The minimum atomic E-state index is -0.749. The molecule has 3 aromatic rings. The van der Waals surface area contributed by atoms with Gasteiger partial charge in [-0.3, -0.25) is 19.7 Å². The lowest BCUT2D eigenvalue weighted by Crippen LogP contribution is -2.41. The molecule has 0 saturated heterocycles. The maximum absolute atomic E-state index is 12.8. The summed E-state index contributed by atoms with van der Waals surface area (Å²) in [6.45, 7) is 2.14. The molecule has 4 rings (SSSR count). The van der Waals surface area contributed by atoms with E-state index in [9.17, 15) is 15.0 Å². The lowest BCUT2D eigenvalue weighted by Gasteiger charge is -2.32. The van der Waals surface area contributed by atoms with Gasteiger partial charge in [0.05, 0.1) is 60.3 Å². The number of pyridine rings is 3. The normalized spacial score (nSPS) is 13.0. The number of aliphatic hydroxyl groups is 2. The molecule has 0 spiro atoms. The molecule has 0 atom stereocenters. The average Bonchev–Trinajstić information content (AvgIpc) is 2.81. The molecule has 0 fully saturated rings. The highest BCUT2D eigenvalue weighted by molar-refractivity contribution is 6.00. The number of anilines is 2. The van der Waals surface area contributed by atoms with Crippen molar-refractivity contribution in [2.24, 2.45) is 0 Å². The Kier molecular flexibility index (Phi) is 6.06. The number of aromatic nitrogens is 3. The first-order valence-corrected chi connectivity index (χ1v) is 9.91. The molecular formula is C22H23N5O4. The number of fused-ring (bicyclic) bond motifs is 1. The first-order valence-electron chi connectivity index (χ1n) is 9.91. The number of carbonyl (C=O) groups excluding carboxylic acids is 1. The Balaban J connectivity index is 1.73. The van der Waals surface area contributed by atoms with E-state index in [1.807, 2.05) is 36.1 Å². The van der Waals surface area contributed by atoms with Gasteiger partial charge in [-0.25, -0.2) is 0 Å². The van der Waals surface area contributed by atoms with Crippen LogP contribution in [0.1, 0.15) is 16.1 Å². The smallest absolute Gasteiger partial charge is 0.255 e. The highest BCUT2D eigenvalue weighted by atomic mass is 16.5. The number of nitrogens with zero attached hydrogens (tertiary/aromatic N) is 4. The lowest BCUT2D eigenvalue weighted by molar-refractivity contribution is 0.0879. The minimum absolute atomic E-state index is 0.328. The fourth-order valence-corrected chi connectivity index (χ4v) is 3.41. The van der Waals surface area contributed by atoms with Gasteiger partial charge in [0.2, 0.25) is 0 Å². The molecule has 3 aromatic heterocycles. The summed E-state index contributed by atoms with van der Waals surface area (Å²) >= 11 is 0. The molecule has 3 N–H and O–H groups in total. The van der Waals surface area contributed by atoms with E-state index in [0.29, 0.717) is 35.8 Å². The third-order valence-corrected chi connectivity index (χ3v) is 4.97. The monoisotopic (exact) mass is 421 g/mol. The molecule has 1 aliphatic rings. The van der Waals surface area contributed by atoms with Gasteiger partial charge in [-0.2, -0.15) is 0 Å². The summed E-state index contributed by atoms with van der Waals surface area (Å²) in [5.74, 6) is 0.174. The number of hydrogen-bond donors (Lipinski definition) is 3. The highest BCUT2D eigenvalue weighted by Gasteiger charge is 2.26. The Morgan fingerprint density at radius 2 is 2.03 bits per heavy atom. The minimum Gasteiger partial charge on any atom is -0.488 e. The fraction of sp³-hybridized carbons (Fsp3) is 0.273. The molecule has 0 saturated carbocycles. The van der Waals surface area contributed by atoms with E-state index in [1.165, 1.54) is 6.20 Å². The van der Waals surface area contributed by atoms with Crippen molar-refractivity contribution in [2.45, 2.75) is 13.0 Å². The fourth-order valence-electron chi connectivity index (χ4n) is 3.41. The summed E-state index contributed by atoms with van der Waals surface area (Å²) in [4.78, 5) is 27.9. The molecule has 1 amide bonds. The van der Waals surface area contributed by atoms with E-state index in [1.54, 1.807) is 18.5 Å². The third-order valence-electron chi connectivity index (χ3n) is 4.97. The summed E-state index contributed by atoms with van der Waals surface area (Å²) in [6.07, 6.45) is 4.74. The van der Waals surface area contributed by atoms with Crippen molar-refractivity contribution in [3.8, 4) is 17.1 Å². The molecule has 160 valence electrons. The quantitative estimate of drug-likeness (QED) is 0.547. The van der Waals surface area contributed by atoms with Gasteiger partial charge in [-0.05, 0) is 31.2 Å². The third kappa shape index (κ3) is 4.32. The molecule has 0 radical (unpaired) electrons. The number of carbonyl (C=O) groups is 1. The van der Waals surface area contributed by atoms with Crippen LogP contribution in [0.15, 0.2) is 48.9 Å². The maximum atomic E-state index is 12.8. The Hall–Kier alpha value is -3.56. The van der Waals surface area contributed by atoms with Crippen LogP contribution in [0.4, 0.5) is 11.4 Å². The SMILES string of the molecule is Cc1cccc(-c2cc3c(cn2)OCCN3c2ccncc2C(=O)NC(CO)CO)n1. The summed E-state index contributed by atoms with van der Waals surface area (Å²) in [7, 11) is 0. The molecular weight excluding hydrogens is 398 g/mol. The van der Waals surface area contributed by atoms with Crippen molar-refractivity contribution in [1.29, 1.82) is 0 Å². The van der Waals surface area contributed by atoms with Gasteiger partial charge < -0.3 is 25.2 Å². The van der Waals surface area contributed by atoms with Crippen LogP contribution < -0.4 is 15.0 Å². The van der Waals surface area contributed by atoms with Crippen LogP contribution in [0.3, 0.4) is 0 Å². The predicted molar refractivity (Wildman–Crippen MR) is 114 cm³/mol. The van der Waals surface area contributed by atoms with E-state index >= 15 is 0 Å². The molecule has 4 heterocycles. The van der Waals surface area contributed by atoms with Gasteiger partial charge in [-0.15, -0.1) is 0 Å². The Morgan fingerprint density at radius 1 is 1.19 bits per heavy atom. The predicted octanol–water partition coefficient (Wildman–Crippen LogP) is 1.46. The number of aryl methyl sites for hydroxylation is 1. The Bertz CT molecular complexity index is 1090. The first kappa shape index (κ1) is 20.7. The van der Waals surface area contributed by atoms with Crippen molar-refractivity contribution >= 4 is 17.3 Å². The summed E-state index contributed by atoms with van der Waals surface area (Å²) in [5, 5.41) is 21.2. The van der Waals surface area contributed by atoms with Crippen molar-refractivity contribution in [3.05, 3.63) is 60.2 Å². The van der Waals surface area contributed by atoms with Crippen molar-refractivity contribution < 1.29 is 19.7 Å². The van der Waals surface area contributed by atoms with Gasteiger partial charge in [0.25, 0.3) is 5.91 Å². The van der Waals surface area contributed by atoms with Crippen LogP contribution in [0.2, 0.25) is 0 Å². The molecule has 9 nitrogen and oxygen atoms in total. The standard InChI is InChI=1S/C22H23N5O4/c1-14-3-2-4-17(25-14)18-9-20-21(11-24-18)31-8-7-27(20)19-5-6-23-10-16(19)22(30)26-15(12-28)13-29/h2-6,9-11,15,28-29H,7-8,12-13H2,1H3,(H,26,30). The van der Waals surface area contributed by atoms with Crippen molar-refractivity contribution in [1.82, 2.24) is 20.3 Å². The van der Waals surface area contributed by atoms with E-state index < -0.39 is 11.9 Å². The van der Waals surface area contributed by atoms with E-state index in [0.717, 1.165) is 17.1 Å². The van der Waals surface area contributed by atoms with Crippen LogP contribution in [0, 0.1) is 6.92 Å². The number of amides is 1. The second-order valence-electron chi connectivity index (χ2n) is 7.13. The topological polar surface area (TPSA) is 121 Å². The molecule has 0 aliphatic carbocycles. The zero-order valence-electron chi connectivity index (χ0n) is 17.0. The number of rotatable bonds is 6. The lowest BCUT2D eigenvalue weighted by atomic mass is 10.1. The number of nitrogens with one attached hydrogen (secondary N) is 1. The Morgan fingerprint density at radius 3 is 2.81 bits per heavy atom. The first-order chi connectivity index (χ1) is 15.1. The second kappa shape index (κ2) is 9.07. The highest BCUT2D eigenvalue weighted by Crippen LogP contribution is 2.39. The van der Waals surface area contributed by atoms with Gasteiger partial charge in [0.15, 0.2) is 5.75 Å². The van der Waals surface area contributed by atoms with Crippen LogP contribution in [0.25, 0.3) is 11.4 Å². The van der Waals surface area contributed by atoms with Crippen molar-refractivity contribution in [3.63, 3.8) is 0 Å².